The molecule has 1 spiro atoms. The molecule has 0 saturated carbocycles. The Balaban J connectivity index is 1.50. The third kappa shape index (κ3) is 3.69. The van der Waals surface area contributed by atoms with Crippen LogP contribution in [0.2, 0.25) is 0 Å². The monoisotopic (exact) mass is 324 g/mol. The maximum Gasteiger partial charge on any atom is 0.232 e. The summed E-state index contributed by atoms with van der Waals surface area (Å²) in [6, 6.07) is 0.314. The van der Waals surface area contributed by atoms with Crippen molar-refractivity contribution in [1.29, 1.82) is 0 Å². The molecular formula is C17H28N2O4. The lowest BCUT2D eigenvalue weighted by atomic mass is 9.99. The van der Waals surface area contributed by atoms with Gasteiger partial charge < -0.3 is 19.3 Å². The highest BCUT2D eigenvalue weighted by atomic mass is 16.7. The summed E-state index contributed by atoms with van der Waals surface area (Å²) in [5.74, 6) is -0.528. The minimum atomic E-state index is -0.471. The van der Waals surface area contributed by atoms with Gasteiger partial charge in [-0.25, -0.2) is 0 Å². The predicted molar refractivity (Wildman–Crippen MR) is 84.7 cm³/mol. The Morgan fingerprint density at radius 3 is 2.39 bits per heavy atom. The number of amides is 2. The summed E-state index contributed by atoms with van der Waals surface area (Å²) >= 11 is 0. The van der Waals surface area contributed by atoms with Gasteiger partial charge in [0.15, 0.2) is 5.79 Å². The Morgan fingerprint density at radius 2 is 1.74 bits per heavy atom. The van der Waals surface area contributed by atoms with Crippen LogP contribution in [0.15, 0.2) is 0 Å². The average Bonchev–Trinajstić information content (AvgIpc) is 3.03. The summed E-state index contributed by atoms with van der Waals surface area (Å²) in [7, 11) is 0. The zero-order chi connectivity index (χ0) is 16.3. The van der Waals surface area contributed by atoms with Crippen LogP contribution in [0, 0.1) is 0 Å². The second-order valence-corrected chi connectivity index (χ2v) is 6.81. The smallest absolute Gasteiger partial charge is 0.232 e. The molecule has 3 saturated heterocycles. The summed E-state index contributed by atoms with van der Waals surface area (Å²) in [5.41, 5.74) is 0. The molecular weight excluding hydrogens is 296 g/mol. The highest BCUT2D eigenvalue weighted by Gasteiger charge is 2.41. The van der Waals surface area contributed by atoms with Gasteiger partial charge in [0.25, 0.3) is 0 Å². The van der Waals surface area contributed by atoms with Gasteiger partial charge in [-0.2, -0.15) is 0 Å². The number of carbonyl (C=O) groups is 2. The van der Waals surface area contributed by atoms with Gasteiger partial charge in [-0.1, -0.05) is 6.92 Å². The Bertz CT molecular complexity index is 438. The molecule has 6 nitrogen and oxygen atoms in total. The van der Waals surface area contributed by atoms with Gasteiger partial charge in [-0.05, 0) is 25.7 Å². The van der Waals surface area contributed by atoms with Crippen LogP contribution in [0.5, 0.6) is 0 Å². The van der Waals surface area contributed by atoms with Crippen molar-refractivity contribution in [2.45, 2.75) is 63.7 Å². The van der Waals surface area contributed by atoms with Crippen LogP contribution in [0.4, 0.5) is 0 Å². The number of hydrogen-bond acceptors (Lipinski definition) is 4. The van der Waals surface area contributed by atoms with Gasteiger partial charge in [-0.3, -0.25) is 9.59 Å². The van der Waals surface area contributed by atoms with Crippen LogP contribution in [0.1, 0.15) is 51.9 Å². The summed E-state index contributed by atoms with van der Waals surface area (Å²) < 4.78 is 11.4. The van der Waals surface area contributed by atoms with E-state index < -0.39 is 5.79 Å². The second-order valence-electron chi connectivity index (χ2n) is 6.81. The van der Waals surface area contributed by atoms with E-state index in [9.17, 15) is 9.59 Å². The first-order valence-corrected chi connectivity index (χ1v) is 8.99. The fourth-order valence-electron chi connectivity index (χ4n) is 3.98. The topological polar surface area (TPSA) is 59.1 Å². The first-order chi connectivity index (χ1) is 11.1. The molecule has 2 amide bonds. The van der Waals surface area contributed by atoms with Gasteiger partial charge >= 0.3 is 0 Å². The van der Waals surface area contributed by atoms with Crippen molar-refractivity contribution in [3.63, 3.8) is 0 Å². The molecule has 3 rings (SSSR count). The predicted octanol–water partition coefficient (Wildman–Crippen LogP) is 1.53. The highest BCUT2D eigenvalue weighted by molar-refractivity contribution is 5.97. The van der Waals surface area contributed by atoms with Gasteiger partial charge in [0.1, 0.15) is 6.42 Å². The minimum Gasteiger partial charge on any atom is -0.347 e. The minimum absolute atomic E-state index is 0.00444. The zero-order valence-electron chi connectivity index (χ0n) is 14.1. The number of piperidine rings is 2. The number of rotatable bonds is 3. The number of hydrogen-bond donors (Lipinski definition) is 0. The maximum atomic E-state index is 12.5. The lowest BCUT2D eigenvalue weighted by molar-refractivity contribution is -0.187. The number of nitrogens with zero attached hydrogens (tertiary/aromatic N) is 2. The van der Waals surface area contributed by atoms with E-state index in [0.717, 1.165) is 25.8 Å². The van der Waals surface area contributed by atoms with E-state index in [-0.39, 0.29) is 18.2 Å². The molecule has 3 fully saturated rings. The summed E-state index contributed by atoms with van der Waals surface area (Å²) in [6.45, 7) is 5.42. The van der Waals surface area contributed by atoms with Gasteiger partial charge in [-0.15, -0.1) is 0 Å². The fourth-order valence-corrected chi connectivity index (χ4v) is 3.98. The van der Waals surface area contributed by atoms with Crippen molar-refractivity contribution in [2.24, 2.45) is 0 Å². The molecule has 0 aromatic carbocycles. The highest BCUT2D eigenvalue weighted by Crippen LogP contribution is 2.31. The van der Waals surface area contributed by atoms with E-state index in [1.165, 1.54) is 6.42 Å². The fraction of sp³-hybridized carbons (Fsp3) is 0.882. The molecule has 23 heavy (non-hydrogen) atoms. The second kappa shape index (κ2) is 7.18. The van der Waals surface area contributed by atoms with Crippen molar-refractivity contribution in [3.05, 3.63) is 0 Å². The molecule has 1 unspecified atom stereocenters. The summed E-state index contributed by atoms with van der Waals surface area (Å²) in [6.07, 6.45) is 5.69. The van der Waals surface area contributed by atoms with Crippen LogP contribution in [-0.4, -0.2) is 66.3 Å². The lowest BCUT2D eigenvalue weighted by Crippen LogP contribution is -2.49. The van der Waals surface area contributed by atoms with E-state index in [4.69, 9.17) is 9.47 Å². The van der Waals surface area contributed by atoms with Gasteiger partial charge in [0, 0.05) is 38.5 Å². The van der Waals surface area contributed by atoms with Crippen molar-refractivity contribution in [2.75, 3.05) is 32.8 Å². The first-order valence-electron chi connectivity index (χ1n) is 8.99. The molecule has 3 heterocycles. The number of likely N-dealkylation sites (tertiary alicyclic amines) is 2. The molecule has 0 N–H and O–H groups in total. The SMILES string of the molecule is CCC1CCCCN1C(=O)CC(=O)N1CCC2(CC1)OCCO2. The molecule has 0 radical (unpaired) electrons. The Labute approximate surface area is 138 Å². The molecule has 3 aliphatic rings. The quantitative estimate of drug-likeness (QED) is 0.739. The maximum absolute atomic E-state index is 12.5. The summed E-state index contributed by atoms with van der Waals surface area (Å²) in [4.78, 5) is 28.7. The van der Waals surface area contributed by atoms with Crippen molar-refractivity contribution in [1.82, 2.24) is 9.80 Å². The Kier molecular flexibility index (Phi) is 5.21. The summed E-state index contributed by atoms with van der Waals surface area (Å²) in [5, 5.41) is 0. The van der Waals surface area contributed by atoms with E-state index in [0.29, 0.717) is 45.2 Å². The van der Waals surface area contributed by atoms with Gasteiger partial charge in [0.2, 0.25) is 11.8 Å². The molecule has 3 aliphatic heterocycles. The molecule has 0 aromatic rings. The van der Waals surface area contributed by atoms with E-state index in [1.54, 1.807) is 4.90 Å². The van der Waals surface area contributed by atoms with Crippen molar-refractivity contribution >= 4 is 11.8 Å². The van der Waals surface area contributed by atoms with E-state index >= 15 is 0 Å². The van der Waals surface area contributed by atoms with E-state index in [1.807, 2.05) is 4.90 Å². The Morgan fingerprint density at radius 1 is 1.04 bits per heavy atom. The molecule has 6 heteroatoms. The van der Waals surface area contributed by atoms with Crippen LogP contribution in [0.3, 0.4) is 0 Å². The lowest BCUT2D eigenvalue weighted by Gasteiger charge is -2.38. The molecule has 0 bridgehead atoms. The van der Waals surface area contributed by atoms with Crippen LogP contribution in [-0.2, 0) is 19.1 Å². The third-order valence-corrected chi connectivity index (χ3v) is 5.41. The molecule has 0 aromatic heterocycles. The number of carbonyl (C=O) groups excluding carboxylic acids is 2. The van der Waals surface area contributed by atoms with Crippen LogP contribution < -0.4 is 0 Å². The Hall–Kier alpha value is -1.14. The van der Waals surface area contributed by atoms with Crippen LogP contribution in [0.25, 0.3) is 0 Å². The first kappa shape index (κ1) is 16.7. The van der Waals surface area contributed by atoms with Crippen molar-refractivity contribution < 1.29 is 19.1 Å². The average molecular weight is 324 g/mol. The zero-order valence-corrected chi connectivity index (χ0v) is 14.1. The number of ether oxygens (including phenoxy) is 2. The normalized spacial score (nSPS) is 27.4. The third-order valence-electron chi connectivity index (χ3n) is 5.41. The van der Waals surface area contributed by atoms with Crippen molar-refractivity contribution in [3.8, 4) is 0 Å². The largest absolute Gasteiger partial charge is 0.347 e. The van der Waals surface area contributed by atoms with E-state index in [2.05, 4.69) is 6.92 Å². The molecule has 130 valence electrons. The molecule has 1 atom stereocenters. The van der Waals surface area contributed by atoms with Gasteiger partial charge in [0.05, 0.1) is 13.2 Å². The van der Waals surface area contributed by atoms with Crippen LogP contribution >= 0.6 is 0 Å². The molecule has 0 aliphatic carbocycles. The standard InChI is InChI=1S/C17H28N2O4/c1-2-14-5-3-4-8-19(14)16(21)13-15(20)18-9-6-17(7-10-18)22-11-12-23-17/h14H,2-13H2,1H3.